The molecule has 0 aliphatic heterocycles. The highest BCUT2D eigenvalue weighted by Gasteiger charge is 2.18. The molecule has 0 saturated carbocycles. The first-order valence-corrected chi connectivity index (χ1v) is 8.29. The van der Waals surface area contributed by atoms with Crippen LogP contribution in [0.1, 0.15) is 56.1 Å². The van der Waals surface area contributed by atoms with Crippen molar-refractivity contribution >= 4 is 17.2 Å². The van der Waals surface area contributed by atoms with Gasteiger partial charge in [0.1, 0.15) is 12.1 Å². The average molecular weight is 304 g/mol. The first kappa shape index (κ1) is 15.9. The van der Waals surface area contributed by atoms with Crippen LogP contribution in [0.3, 0.4) is 0 Å². The van der Waals surface area contributed by atoms with Crippen LogP contribution in [-0.2, 0) is 18.3 Å². The molecule has 0 aliphatic carbocycles. The highest BCUT2D eigenvalue weighted by atomic mass is 32.1. The summed E-state index contributed by atoms with van der Waals surface area (Å²) in [6, 6.07) is 0. The minimum Gasteiger partial charge on any atom is -0.373 e. The summed E-state index contributed by atoms with van der Waals surface area (Å²) in [5.74, 6) is 0.939. The number of hydrogen-bond donors (Lipinski definition) is 1. The van der Waals surface area contributed by atoms with Crippen molar-refractivity contribution < 1.29 is 0 Å². The van der Waals surface area contributed by atoms with E-state index in [4.69, 9.17) is 4.98 Å². The quantitative estimate of drug-likeness (QED) is 0.912. The van der Waals surface area contributed by atoms with Crippen molar-refractivity contribution in [3.05, 3.63) is 33.7 Å². The monoisotopic (exact) mass is 304 g/mol. The third-order valence-electron chi connectivity index (χ3n) is 3.41. The number of anilines is 1. The maximum Gasteiger partial charge on any atom is 0.132 e. The highest BCUT2D eigenvalue weighted by Crippen LogP contribution is 2.26. The van der Waals surface area contributed by atoms with E-state index < -0.39 is 0 Å². The molecule has 0 amide bonds. The van der Waals surface area contributed by atoms with Crippen molar-refractivity contribution in [1.82, 2.24) is 15.0 Å². The first-order chi connectivity index (χ1) is 9.95. The van der Waals surface area contributed by atoms with Crippen molar-refractivity contribution in [3.63, 3.8) is 0 Å². The predicted molar refractivity (Wildman–Crippen MR) is 89.2 cm³/mol. The van der Waals surface area contributed by atoms with Gasteiger partial charge in [-0.1, -0.05) is 34.1 Å². The molecule has 2 rings (SSSR count). The number of hydrogen-bond acceptors (Lipinski definition) is 5. The van der Waals surface area contributed by atoms with E-state index in [1.165, 1.54) is 5.56 Å². The van der Waals surface area contributed by atoms with E-state index >= 15 is 0 Å². The van der Waals surface area contributed by atoms with Crippen molar-refractivity contribution in [2.45, 2.75) is 52.4 Å². The molecule has 0 aromatic carbocycles. The Bertz CT molecular complexity index is 599. The van der Waals surface area contributed by atoms with E-state index in [1.807, 2.05) is 7.05 Å². The fraction of sp³-hybridized carbons (Fsp3) is 0.562. The van der Waals surface area contributed by atoms with Crippen molar-refractivity contribution in [3.8, 4) is 0 Å². The Morgan fingerprint density at radius 1 is 1.24 bits per heavy atom. The minimum absolute atomic E-state index is 0.100. The number of aromatic nitrogens is 3. The molecule has 5 heteroatoms. The standard InChI is InChI=1S/C16H24N4S/c1-6-7-11-12(18-10-19-15(11)17-5)8-14-20-13(9-21-14)16(2,3)4/h9-10H,6-8H2,1-5H3,(H,17,18,19). The zero-order chi connectivity index (χ0) is 15.5. The van der Waals surface area contributed by atoms with Crippen LogP contribution in [0, 0.1) is 0 Å². The zero-order valence-electron chi connectivity index (χ0n) is 13.5. The maximum absolute atomic E-state index is 4.77. The number of nitrogens with zero attached hydrogens (tertiary/aromatic N) is 3. The SMILES string of the molecule is CCCc1c(Cc2nc(C(C)(C)C)cs2)ncnc1NC. The van der Waals surface area contributed by atoms with Gasteiger partial charge in [0.25, 0.3) is 0 Å². The molecule has 0 spiro atoms. The number of rotatable bonds is 5. The molecular formula is C16H24N4S. The van der Waals surface area contributed by atoms with Crippen molar-refractivity contribution in [2.75, 3.05) is 12.4 Å². The van der Waals surface area contributed by atoms with Crippen LogP contribution in [0.2, 0.25) is 0 Å². The van der Waals surface area contributed by atoms with Crippen LogP contribution in [0.5, 0.6) is 0 Å². The fourth-order valence-corrected chi connectivity index (χ4v) is 3.23. The molecule has 114 valence electrons. The second-order valence-electron chi connectivity index (χ2n) is 6.20. The Hall–Kier alpha value is -1.49. The Balaban J connectivity index is 2.29. The summed E-state index contributed by atoms with van der Waals surface area (Å²) in [5.41, 5.74) is 3.56. The first-order valence-electron chi connectivity index (χ1n) is 7.41. The Morgan fingerprint density at radius 3 is 2.57 bits per heavy atom. The molecule has 0 atom stereocenters. The molecular weight excluding hydrogens is 280 g/mol. The van der Waals surface area contributed by atoms with Crippen molar-refractivity contribution in [2.24, 2.45) is 0 Å². The van der Waals surface area contributed by atoms with E-state index in [2.05, 4.69) is 48.4 Å². The smallest absolute Gasteiger partial charge is 0.132 e. The second-order valence-corrected chi connectivity index (χ2v) is 7.14. The van der Waals surface area contributed by atoms with Crippen LogP contribution in [-0.4, -0.2) is 22.0 Å². The third-order valence-corrected chi connectivity index (χ3v) is 4.26. The molecule has 2 aromatic rings. The molecule has 0 fully saturated rings. The maximum atomic E-state index is 4.77. The van der Waals surface area contributed by atoms with Crippen LogP contribution >= 0.6 is 11.3 Å². The van der Waals surface area contributed by atoms with E-state index in [1.54, 1.807) is 17.7 Å². The summed E-state index contributed by atoms with van der Waals surface area (Å²) >= 11 is 1.72. The lowest BCUT2D eigenvalue weighted by Crippen LogP contribution is -2.12. The Kier molecular flexibility index (Phi) is 4.93. The largest absolute Gasteiger partial charge is 0.373 e. The second kappa shape index (κ2) is 6.52. The molecule has 21 heavy (non-hydrogen) atoms. The van der Waals surface area contributed by atoms with E-state index in [-0.39, 0.29) is 5.41 Å². The lowest BCUT2D eigenvalue weighted by atomic mass is 9.93. The van der Waals surface area contributed by atoms with Crippen molar-refractivity contribution in [1.29, 1.82) is 0 Å². The summed E-state index contributed by atoms with van der Waals surface area (Å²) in [6.07, 6.45) is 4.50. The molecule has 0 unspecified atom stereocenters. The molecule has 2 aromatic heterocycles. The summed E-state index contributed by atoms with van der Waals surface area (Å²) in [4.78, 5) is 13.6. The molecule has 0 saturated heterocycles. The lowest BCUT2D eigenvalue weighted by Gasteiger charge is -2.14. The molecule has 0 bridgehead atoms. The van der Waals surface area contributed by atoms with Gasteiger partial charge in [0.05, 0.1) is 16.4 Å². The number of nitrogens with one attached hydrogen (secondary N) is 1. The van der Waals surface area contributed by atoms with Gasteiger partial charge >= 0.3 is 0 Å². The normalized spacial score (nSPS) is 11.7. The average Bonchev–Trinajstić information content (AvgIpc) is 2.89. The molecule has 4 nitrogen and oxygen atoms in total. The van der Waals surface area contributed by atoms with Gasteiger partial charge < -0.3 is 5.32 Å². The molecule has 2 heterocycles. The summed E-state index contributed by atoms with van der Waals surface area (Å²) in [6.45, 7) is 8.76. The summed E-state index contributed by atoms with van der Waals surface area (Å²) in [7, 11) is 1.91. The van der Waals surface area contributed by atoms with Crippen LogP contribution in [0.25, 0.3) is 0 Å². The Morgan fingerprint density at radius 2 is 2.00 bits per heavy atom. The minimum atomic E-state index is 0.100. The van der Waals surface area contributed by atoms with E-state index in [0.717, 1.165) is 41.5 Å². The van der Waals surface area contributed by atoms with Gasteiger partial charge in [-0.15, -0.1) is 11.3 Å². The van der Waals surface area contributed by atoms with Crippen LogP contribution in [0.4, 0.5) is 5.82 Å². The summed E-state index contributed by atoms with van der Waals surface area (Å²) < 4.78 is 0. The fourth-order valence-electron chi connectivity index (χ4n) is 2.21. The van der Waals surface area contributed by atoms with Crippen LogP contribution < -0.4 is 5.32 Å². The lowest BCUT2D eigenvalue weighted by molar-refractivity contribution is 0.571. The summed E-state index contributed by atoms with van der Waals surface area (Å²) in [5, 5.41) is 6.45. The van der Waals surface area contributed by atoms with Gasteiger partial charge in [-0.3, -0.25) is 0 Å². The van der Waals surface area contributed by atoms with Crippen LogP contribution in [0.15, 0.2) is 11.7 Å². The molecule has 1 N–H and O–H groups in total. The third kappa shape index (κ3) is 3.79. The van der Waals surface area contributed by atoms with Gasteiger partial charge in [-0.05, 0) is 6.42 Å². The topological polar surface area (TPSA) is 50.7 Å². The van der Waals surface area contributed by atoms with Gasteiger partial charge in [-0.2, -0.15) is 0 Å². The Labute approximate surface area is 131 Å². The zero-order valence-corrected chi connectivity index (χ0v) is 14.3. The molecule has 0 radical (unpaired) electrons. The van der Waals surface area contributed by atoms with Gasteiger partial charge in [-0.25, -0.2) is 15.0 Å². The van der Waals surface area contributed by atoms with E-state index in [9.17, 15) is 0 Å². The number of thiazole rings is 1. The predicted octanol–water partition coefficient (Wildman–Crippen LogP) is 3.82. The van der Waals surface area contributed by atoms with Gasteiger partial charge in [0.2, 0.25) is 0 Å². The van der Waals surface area contributed by atoms with Gasteiger partial charge in [0, 0.05) is 29.8 Å². The molecule has 0 aliphatic rings. The van der Waals surface area contributed by atoms with E-state index in [0.29, 0.717) is 0 Å². The highest BCUT2D eigenvalue weighted by molar-refractivity contribution is 7.09. The van der Waals surface area contributed by atoms with Gasteiger partial charge in [0.15, 0.2) is 0 Å².